The molecule has 0 aliphatic carbocycles. The molecule has 0 saturated carbocycles. The highest BCUT2D eigenvalue weighted by molar-refractivity contribution is 6.38. The van der Waals surface area contributed by atoms with Crippen LogP contribution in [0.5, 0.6) is 0 Å². The molecule has 5 N–H and O–H groups in total. The molecule has 2 aromatic rings. The zero-order chi connectivity index (χ0) is 29.3. The van der Waals surface area contributed by atoms with Crippen LogP contribution in [-0.2, 0) is 25.7 Å². The molecule has 1 aromatic carbocycles. The number of aromatic nitrogens is 1. The number of benzene rings is 1. The number of H-pyrrole nitrogens is 1. The molecule has 0 radical (unpaired) electrons. The summed E-state index contributed by atoms with van der Waals surface area (Å²) in [6.07, 6.45) is 1.42. The predicted molar refractivity (Wildman–Crippen MR) is 145 cm³/mol. The van der Waals surface area contributed by atoms with Crippen LogP contribution in [-0.4, -0.2) is 52.5 Å². The number of ketones is 1. The van der Waals surface area contributed by atoms with Crippen molar-refractivity contribution in [3.05, 3.63) is 70.1 Å². The summed E-state index contributed by atoms with van der Waals surface area (Å²) >= 11 is 0. The Bertz CT molecular complexity index is 1230. The lowest BCUT2D eigenvalue weighted by atomic mass is 9.85. The first-order chi connectivity index (χ1) is 18.2. The molecule has 4 amide bonds. The van der Waals surface area contributed by atoms with Crippen molar-refractivity contribution in [3.63, 3.8) is 0 Å². The molecule has 39 heavy (non-hydrogen) atoms. The molecule has 1 aromatic heterocycles. The maximum Gasteiger partial charge on any atom is 0.289 e. The fourth-order valence-electron chi connectivity index (χ4n) is 3.62. The van der Waals surface area contributed by atoms with E-state index in [1.807, 2.05) is 0 Å². The number of aromatic amines is 1. The van der Waals surface area contributed by atoms with E-state index < -0.39 is 58.9 Å². The Hall–Kier alpha value is -4.28. The van der Waals surface area contributed by atoms with E-state index in [0.717, 1.165) is 0 Å². The predicted octanol–water partition coefficient (Wildman–Crippen LogP) is 1.05. The number of hydrogen-bond donors (Lipinski definition) is 5. The Labute approximate surface area is 227 Å². The van der Waals surface area contributed by atoms with E-state index >= 15 is 0 Å². The van der Waals surface area contributed by atoms with Gasteiger partial charge in [0.25, 0.3) is 11.8 Å². The van der Waals surface area contributed by atoms with Gasteiger partial charge in [0.15, 0.2) is 0 Å². The van der Waals surface area contributed by atoms with Crippen LogP contribution >= 0.6 is 0 Å². The summed E-state index contributed by atoms with van der Waals surface area (Å²) in [6.45, 7) is 10.2. The summed E-state index contributed by atoms with van der Waals surface area (Å²) in [5.41, 5.74) is 0.00940. The average molecular weight is 540 g/mol. The molecule has 0 saturated heterocycles. The van der Waals surface area contributed by atoms with Gasteiger partial charge in [0, 0.05) is 24.4 Å². The average Bonchev–Trinajstić information content (AvgIpc) is 2.88. The number of amides is 4. The number of rotatable bonds is 11. The lowest BCUT2D eigenvalue weighted by Gasteiger charge is -2.31. The first kappa shape index (κ1) is 30.9. The molecule has 2 rings (SSSR count). The van der Waals surface area contributed by atoms with Gasteiger partial charge in [-0.3, -0.25) is 28.8 Å². The van der Waals surface area contributed by atoms with E-state index in [4.69, 9.17) is 0 Å². The molecule has 11 nitrogen and oxygen atoms in total. The quantitative estimate of drug-likeness (QED) is 0.268. The van der Waals surface area contributed by atoms with Crippen molar-refractivity contribution in [2.24, 2.45) is 11.3 Å². The molecular formula is C28H37N5O6. The second-order valence-electron chi connectivity index (χ2n) is 10.7. The second kappa shape index (κ2) is 13.5. The van der Waals surface area contributed by atoms with E-state index in [1.165, 1.54) is 25.3 Å². The summed E-state index contributed by atoms with van der Waals surface area (Å²) in [7, 11) is 0. The van der Waals surface area contributed by atoms with Crippen LogP contribution < -0.4 is 26.8 Å². The van der Waals surface area contributed by atoms with E-state index in [-0.39, 0.29) is 12.1 Å². The number of carbonyl (C=O) groups is 5. The maximum atomic E-state index is 13.1. The van der Waals surface area contributed by atoms with Gasteiger partial charge in [-0.05, 0) is 36.0 Å². The highest BCUT2D eigenvalue weighted by atomic mass is 16.2. The van der Waals surface area contributed by atoms with Crippen molar-refractivity contribution in [1.82, 2.24) is 26.3 Å². The Morgan fingerprint density at radius 1 is 0.846 bits per heavy atom. The topological polar surface area (TPSA) is 166 Å². The SMILES string of the molecule is CC(C)[C@H](NC(=O)[C@H](C)NC(=O)[C@@H](NC(=O)c1ccccc1)C(C)(C)C)C(=O)C(=O)NCc1ccc(=O)[nH]c1. The van der Waals surface area contributed by atoms with E-state index in [9.17, 15) is 28.8 Å². The van der Waals surface area contributed by atoms with Crippen molar-refractivity contribution in [3.8, 4) is 0 Å². The lowest BCUT2D eigenvalue weighted by molar-refractivity contribution is -0.141. The number of Topliss-reactive ketones (excluding diaryl/α,β-unsaturated/α-hetero) is 1. The fourth-order valence-corrected chi connectivity index (χ4v) is 3.62. The number of carbonyl (C=O) groups excluding carboxylic acids is 5. The zero-order valence-corrected chi connectivity index (χ0v) is 23.1. The summed E-state index contributed by atoms with van der Waals surface area (Å²) in [5.74, 6) is -3.82. The van der Waals surface area contributed by atoms with E-state index in [1.54, 1.807) is 65.0 Å². The van der Waals surface area contributed by atoms with Gasteiger partial charge in [0.05, 0.1) is 6.04 Å². The monoisotopic (exact) mass is 539 g/mol. The number of pyridine rings is 1. The third-order valence-corrected chi connectivity index (χ3v) is 5.96. The van der Waals surface area contributed by atoms with Gasteiger partial charge in [0.2, 0.25) is 23.2 Å². The first-order valence-electron chi connectivity index (χ1n) is 12.7. The minimum Gasteiger partial charge on any atom is -0.345 e. The highest BCUT2D eigenvalue weighted by Gasteiger charge is 2.35. The molecule has 1 heterocycles. The van der Waals surface area contributed by atoms with Gasteiger partial charge in [-0.15, -0.1) is 0 Å². The van der Waals surface area contributed by atoms with Crippen molar-refractivity contribution >= 4 is 29.4 Å². The van der Waals surface area contributed by atoms with Crippen LogP contribution in [0.2, 0.25) is 0 Å². The Morgan fingerprint density at radius 2 is 1.49 bits per heavy atom. The van der Waals surface area contributed by atoms with Crippen molar-refractivity contribution in [2.45, 2.75) is 66.2 Å². The van der Waals surface area contributed by atoms with Gasteiger partial charge >= 0.3 is 0 Å². The van der Waals surface area contributed by atoms with Gasteiger partial charge in [-0.2, -0.15) is 0 Å². The van der Waals surface area contributed by atoms with Gasteiger partial charge < -0.3 is 26.3 Å². The summed E-state index contributed by atoms with van der Waals surface area (Å²) in [4.78, 5) is 77.7. The largest absolute Gasteiger partial charge is 0.345 e. The van der Waals surface area contributed by atoms with Crippen LogP contribution in [0.1, 0.15) is 57.5 Å². The van der Waals surface area contributed by atoms with Crippen LogP contribution in [0.15, 0.2) is 53.5 Å². The minimum absolute atomic E-state index is 0.00939. The zero-order valence-electron chi connectivity index (χ0n) is 23.1. The third kappa shape index (κ3) is 9.20. The molecule has 0 aliphatic heterocycles. The molecule has 3 atom stereocenters. The molecule has 0 aliphatic rings. The molecule has 0 fully saturated rings. The molecule has 0 unspecified atom stereocenters. The highest BCUT2D eigenvalue weighted by Crippen LogP contribution is 2.20. The lowest BCUT2D eigenvalue weighted by Crippen LogP contribution is -2.59. The van der Waals surface area contributed by atoms with Gasteiger partial charge in [-0.25, -0.2) is 0 Å². The molecule has 11 heteroatoms. The maximum absolute atomic E-state index is 13.1. The van der Waals surface area contributed by atoms with Crippen molar-refractivity contribution in [1.29, 1.82) is 0 Å². The summed E-state index contributed by atoms with van der Waals surface area (Å²) in [6, 6.07) is 8.12. The number of hydrogen-bond acceptors (Lipinski definition) is 6. The minimum atomic E-state index is -1.14. The molecular weight excluding hydrogens is 502 g/mol. The Morgan fingerprint density at radius 3 is 2.03 bits per heavy atom. The normalized spacial score (nSPS) is 13.5. The summed E-state index contributed by atoms with van der Waals surface area (Å²) < 4.78 is 0. The Kier molecular flexibility index (Phi) is 10.7. The van der Waals surface area contributed by atoms with E-state index in [2.05, 4.69) is 26.3 Å². The van der Waals surface area contributed by atoms with Crippen molar-refractivity contribution < 1.29 is 24.0 Å². The van der Waals surface area contributed by atoms with Gasteiger partial charge in [0.1, 0.15) is 12.1 Å². The molecule has 0 spiro atoms. The van der Waals surface area contributed by atoms with Crippen LogP contribution in [0, 0.1) is 11.3 Å². The standard InChI is InChI=1S/C28H37N5O6/c1-16(2)21(22(35)26(38)30-15-18-12-13-20(34)29-14-18)32-24(36)17(3)31-27(39)23(28(4,5)6)33-25(37)19-10-8-7-9-11-19/h7-14,16-17,21,23H,15H2,1-6H3,(H,29,34)(H,30,38)(H,31,39)(H,32,36)(H,33,37)/t17-,21-,23+/m0/s1. The molecule has 0 bridgehead atoms. The first-order valence-corrected chi connectivity index (χ1v) is 12.7. The Balaban J connectivity index is 2.02. The fraction of sp³-hybridized carbons (Fsp3) is 0.429. The van der Waals surface area contributed by atoms with Gasteiger partial charge in [-0.1, -0.05) is 58.9 Å². The smallest absolute Gasteiger partial charge is 0.289 e. The molecule has 210 valence electrons. The number of nitrogens with one attached hydrogen (secondary N) is 5. The second-order valence-corrected chi connectivity index (χ2v) is 10.7. The summed E-state index contributed by atoms with van der Waals surface area (Å²) in [5, 5.41) is 10.4. The van der Waals surface area contributed by atoms with Crippen molar-refractivity contribution in [2.75, 3.05) is 0 Å². The van der Waals surface area contributed by atoms with Crippen LogP contribution in [0.3, 0.4) is 0 Å². The van der Waals surface area contributed by atoms with E-state index in [0.29, 0.717) is 11.1 Å². The van der Waals surface area contributed by atoms with Crippen LogP contribution in [0.4, 0.5) is 0 Å². The third-order valence-electron chi connectivity index (χ3n) is 5.96. The van der Waals surface area contributed by atoms with Crippen LogP contribution in [0.25, 0.3) is 0 Å².